The molecular formula is MgO7Se2. The van der Waals surface area contributed by atoms with Crippen molar-refractivity contribution in [3.8, 4) is 0 Å². The van der Waals surface area contributed by atoms with Crippen LogP contribution in [0.3, 0.4) is 0 Å². The number of hydrogen-bond donors (Lipinski definition) is 0. The molecule has 0 aliphatic carbocycles. The average Bonchev–Trinajstić information content (AvgIpc) is 1.14. The summed E-state index contributed by atoms with van der Waals surface area (Å²) in [5, 5.41) is 0. The number of rotatable bonds is 2. The molecule has 7 nitrogen and oxygen atoms in total. The summed E-state index contributed by atoms with van der Waals surface area (Å²) in [5.41, 5.74) is 0. The van der Waals surface area contributed by atoms with Gasteiger partial charge in [-0.25, -0.2) is 0 Å². The Bertz CT molecular complexity index is 237. The van der Waals surface area contributed by atoms with Gasteiger partial charge in [0.05, 0.1) is 0 Å². The molecule has 0 bridgehead atoms. The minimum Gasteiger partial charge on any atom is 2.00 e. The summed E-state index contributed by atoms with van der Waals surface area (Å²) in [6.07, 6.45) is 0. The van der Waals surface area contributed by atoms with Crippen LogP contribution < -0.4 is 8.38 Å². The molecule has 0 radical (unpaired) electrons. The van der Waals surface area contributed by atoms with Crippen molar-refractivity contribution in [1.82, 2.24) is 0 Å². The molecule has 0 atom stereocenters. The van der Waals surface area contributed by atoms with Gasteiger partial charge >= 0.3 is 76.4 Å². The topological polar surface area (TPSA) is 124 Å². The molecule has 0 aromatic carbocycles. The molecule has 0 saturated carbocycles. The zero-order chi connectivity index (χ0) is 7.71. The molecule has 0 rings (SSSR count). The van der Waals surface area contributed by atoms with Gasteiger partial charge < -0.3 is 0 Å². The first kappa shape index (κ1) is 13.5. The van der Waals surface area contributed by atoms with E-state index in [-0.39, 0.29) is 23.1 Å². The standard InChI is InChI=1S/Mg.H2O7Se2/c;1-8(2,3)7-9(4,5)6/h;(H,1,2,3)(H,4,5,6)/q+2;/p-2. The smallest absolute Gasteiger partial charge is 2.00 e. The third-order valence-electron chi connectivity index (χ3n) is 0.167. The van der Waals surface area contributed by atoms with Crippen LogP contribution in [0.1, 0.15) is 0 Å². The number of hydrogen-bond acceptors (Lipinski definition) is 7. The van der Waals surface area contributed by atoms with Gasteiger partial charge in [0.1, 0.15) is 0 Å². The van der Waals surface area contributed by atoms with Crippen LogP contribution in [-0.2, 0) is 18.2 Å². The molecule has 0 aliphatic rings. The predicted octanol–water partition coefficient (Wildman–Crippen LogP) is -4.06. The SMILES string of the molecule is O=[Se](=O)([O-])O[Se](=O)(=O)[O-].[Mg+2]. The molecular weight excluding hydrogens is 294 g/mol. The minimum absolute atomic E-state index is 0. The molecule has 10 heteroatoms. The Morgan fingerprint density at radius 3 is 1.10 bits per heavy atom. The van der Waals surface area contributed by atoms with Crippen LogP contribution in [-0.4, -0.2) is 49.8 Å². The normalized spacial score (nSPS) is 12.2. The van der Waals surface area contributed by atoms with Crippen LogP contribution in [0.5, 0.6) is 0 Å². The molecule has 56 valence electrons. The molecule has 0 aliphatic heterocycles. The summed E-state index contributed by atoms with van der Waals surface area (Å²) in [6, 6.07) is 0. The maximum absolute atomic E-state index is 9.38. The van der Waals surface area contributed by atoms with E-state index in [9.17, 15) is 23.7 Å². The Kier molecular flexibility index (Phi) is 5.45. The molecule has 0 unspecified atom stereocenters. The van der Waals surface area contributed by atoms with Crippen LogP contribution in [0, 0.1) is 0 Å². The maximum atomic E-state index is 9.38. The van der Waals surface area contributed by atoms with Gasteiger partial charge in [0.25, 0.3) is 0 Å². The van der Waals surface area contributed by atoms with Crippen molar-refractivity contribution in [3.63, 3.8) is 0 Å². The molecule has 0 aromatic heterocycles. The summed E-state index contributed by atoms with van der Waals surface area (Å²) < 4.78 is 58.9. The van der Waals surface area contributed by atoms with Crippen molar-refractivity contribution in [1.29, 1.82) is 0 Å². The fourth-order valence-electron chi connectivity index (χ4n) is 0.102. The van der Waals surface area contributed by atoms with Gasteiger partial charge in [0.2, 0.25) is 0 Å². The van der Waals surface area contributed by atoms with Crippen molar-refractivity contribution >= 4 is 49.8 Å². The fourth-order valence-corrected chi connectivity index (χ4v) is 2.76. The van der Waals surface area contributed by atoms with Crippen molar-refractivity contribution in [2.75, 3.05) is 0 Å². The van der Waals surface area contributed by atoms with Gasteiger partial charge in [-0.3, -0.25) is 0 Å². The second-order valence-electron chi connectivity index (χ2n) is 0.885. The molecule has 10 heavy (non-hydrogen) atoms. The van der Waals surface area contributed by atoms with Crippen molar-refractivity contribution < 1.29 is 26.6 Å². The summed E-state index contributed by atoms with van der Waals surface area (Å²) >= 11 is -12.1. The van der Waals surface area contributed by atoms with Gasteiger partial charge in [-0.2, -0.15) is 0 Å². The Hall–Kier alpha value is 0.885. The third kappa shape index (κ3) is 11.7. The summed E-state index contributed by atoms with van der Waals surface area (Å²) in [5.74, 6) is 0. The van der Waals surface area contributed by atoms with Gasteiger partial charge in [-0.15, -0.1) is 0 Å². The zero-order valence-electron chi connectivity index (χ0n) is 4.38. The Morgan fingerprint density at radius 1 is 0.900 bits per heavy atom. The largest absolute Gasteiger partial charge is 2.00 e. The van der Waals surface area contributed by atoms with E-state index in [2.05, 4.69) is 2.90 Å². The zero-order valence-corrected chi connectivity index (χ0v) is 9.22. The van der Waals surface area contributed by atoms with Gasteiger partial charge in [0, 0.05) is 0 Å². The van der Waals surface area contributed by atoms with Gasteiger partial charge in [-0.05, 0) is 0 Å². The Labute approximate surface area is 76.1 Å². The first-order valence-corrected chi connectivity index (χ1v) is 6.93. The third-order valence-corrected chi connectivity index (χ3v) is 4.50. The van der Waals surface area contributed by atoms with E-state index in [0.717, 1.165) is 0 Å². The molecule has 0 heterocycles. The van der Waals surface area contributed by atoms with Crippen molar-refractivity contribution in [2.24, 2.45) is 0 Å². The van der Waals surface area contributed by atoms with E-state index in [1.165, 1.54) is 0 Å². The quantitative estimate of drug-likeness (QED) is 0.474. The molecule has 0 saturated heterocycles. The molecule has 0 aromatic rings. The fraction of sp³-hybridized carbons (Fsp3) is 0. The van der Waals surface area contributed by atoms with E-state index in [1.807, 2.05) is 0 Å². The molecule has 0 spiro atoms. The predicted molar refractivity (Wildman–Crippen MR) is 21.1 cm³/mol. The van der Waals surface area contributed by atoms with Crippen LogP contribution >= 0.6 is 0 Å². The van der Waals surface area contributed by atoms with E-state index in [0.29, 0.717) is 0 Å². The van der Waals surface area contributed by atoms with E-state index in [1.54, 1.807) is 0 Å². The van der Waals surface area contributed by atoms with E-state index < -0.39 is 26.7 Å². The minimum atomic E-state index is -6.07. The summed E-state index contributed by atoms with van der Waals surface area (Å²) in [7, 11) is 0. The average molecular weight is 294 g/mol. The van der Waals surface area contributed by atoms with Crippen molar-refractivity contribution in [2.45, 2.75) is 0 Å². The Morgan fingerprint density at radius 2 is 1.10 bits per heavy atom. The summed E-state index contributed by atoms with van der Waals surface area (Å²) in [4.78, 5) is 0. The van der Waals surface area contributed by atoms with Crippen LogP contribution in [0.15, 0.2) is 0 Å². The second-order valence-corrected chi connectivity index (χ2v) is 6.08. The Balaban J connectivity index is 0. The van der Waals surface area contributed by atoms with E-state index >= 15 is 0 Å². The van der Waals surface area contributed by atoms with Gasteiger partial charge in [0.15, 0.2) is 0 Å². The van der Waals surface area contributed by atoms with Crippen LogP contribution in [0.4, 0.5) is 0 Å². The van der Waals surface area contributed by atoms with E-state index in [4.69, 9.17) is 0 Å². The summed E-state index contributed by atoms with van der Waals surface area (Å²) in [6.45, 7) is 0. The monoisotopic (exact) mass is 296 g/mol. The molecule has 0 fully saturated rings. The van der Waals surface area contributed by atoms with Crippen molar-refractivity contribution in [3.05, 3.63) is 0 Å². The maximum Gasteiger partial charge on any atom is 2.00 e. The second kappa shape index (κ2) is 4.05. The molecule has 0 amide bonds. The van der Waals surface area contributed by atoms with Crippen LogP contribution in [0.2, 0.25) is 0 Å². The first-order valence-electron chi connectivity index (χ1n) is 1.33. The molecule has 0 N–H and O–H groups in total. The first-order chi connectivity index (χ1) is 3.71. The van der Waals surface area contributed by atoms with Crippen LogP contribution in [0.25, 0.3) is 0 Å². The van der Waals surface area contributed by atoms with Gasteiger partial charge in [-0.1, -0.05) is 0 Å².